The van der Waals surface area contributed by atoms with Crippen LogP contribution in [0.5, 0.6) is 0 Å². The topological polar surface area (TPSA) is 117 Å². The number of rotatable bonds is 10. The van der Waals surface area contributed by atoms with E-state index in [2.05, 4.69) is 62.2 Å². The molecule has 4 aromatic rings. The minimum Gasteiger partial charge on any atom is -0.444 e. The van der Waals surface area contributed by atoms with E-state index in [4.69, 9.17) is 4.74 Å². The number of aromatic nitrogens is 2. The Bertz CT molecular complexity index is 1340. The molecule has 1 amide bonds. The van der Waals surface area contributed by atoms with Crippen molar-refractivity contribution in [3.05, 3.63) is 130 Å². The SMILES string of the molecule is Cn1ncc(C(CCNC(=O)OC(C)(C)C)N=[N+]=[N-])c1NC(c1ccccc1)(c1ccccc1)c1ccccc1. The van der Waals surface area contributed by atoms with Crippen LogP contribution in [-0.2, 0) is 17.3 Å². The highest BCUT2D eigenvalue weighted by atomic mass is 16.6. The highest BCUT2D eigenvalue weighted by Crippen LogP contribution is 2.42. The van der Waals surface area contributed by atoms with Crippen LogP contribution in [0.2, 0.25) is 0 Å². The fraction of sp³-hybridized carbons (Fsp3) is 0.290. The van der Waals surface area contributed by atoms with E-state index in [0.29, 0.717) is 12.2 Å². The summed E-state index contributed by atoms with van der Waals surface area (Å²) in [7, 11) is 1.85. The average Bonchev–Trinajstić information content (AvgIpc) is 3.31. The monoisotopic (exact) mass is 537 g/mol. The molecule has 0 aliphatic rings. The Hall–Kier alpha value is -4.75. The van der Waals surface area contributed by atoms with E-state index >= 15 is 0 Å². The number of benzene rings is 3. The lowest BCUT2D eigenvalue weighted by atomic mass is 9.77. The number of nitrogens with one attached hydrogen (secondary N) is 2. The van der Waals surface area contributed by atoms with Crippen LogP contribution in [0.25, 0.3) is 10.4 Å². The number of hydrogen-bond acceptors (Lipinski definition) is 5. The molecule has 3 aromatic carbocycles. The number of amides is 1. The first kappa shape index (κ1) is 28.3. The third-order valence-corrected chi connectivity index (χ3v) is 6.53. The van der Waals surface area contributed by atoms with Crippen LogP contribution < -0.4 is 10.6 Å². The highest BCUT2D eigenvalue weighted by molar-refractivity contribution is 5.67. The Morgan fingerprint density at radius 3 is 1.90 bits per heavy atom. The van der Waals surface area contributed by atoms with Crippen LogP contribution >= 0.6 is 0 Å². The summed E-state index contributed by atoms with van der Waals surface area (Å²) in [5, 5.41) is 15.2. The van der Waals surface area contributed by atoms with Gasteiger partial charge in [-0.05, 0) is 49.4 Å². The van der Waals surface area contributed by atoms with E-state index < -0.39 is 23.3 Å². The number of aryl methyl sites for hydroxylation is 1. The number of carbonyl (C=O) groups is 1. The molecule has 206 valence electrons. The molecule has 1 heterocycles. The quantitative estimate of drug-likeness (QED) is 0.0972. The molecule has 9 heteroatoms. The van der Waals surface area contributed by atoms with Gasteiger partial charge < -0.3 is 15.4 Å². The summed E-state index contributed by atoms with van der Waals surface area (Å²) in [6.45, 7) is 5.68. The van der Waals surface area contributed by atoms with Gasteiger partial charge in [-0.2, -0.15) is 5.10 Å². The summed E-state index contributed by atoms with van der Waals surface area (Å²) in [6.07, 6.45) is 1.55. The fourth-order valence-corrected chi connectivity index (χ4v) is 4.77. The molecule has 1 unspecified atom stereocenters. The van der Waals surface area contributed by atoms with Crippen LogP contribution in [-0.4, -0.2) is 28.0 Å². The predicted molar refractivity (Wildman–Crippen MR) is 157 cm³/mol. The summed E-state index contributed by atoms with van der Waals surface area (Å²) in [6, 6.07) is 30.1. The molecule has 0 fully saturated rings. The molecule has 1 atom stereocenters. The van der Waals surface area contributed by atoms with Crippen LogP contribution in [0.15, 0.2) is 102 Å². The van der Waals surface area contributed by atoms with Crippen molar-refractivity contribution in [1.29, 1.82) is 0 Å². The minimum atomic E-state index is -0.790. The van der Waals surface area contributed by atoms with Crippen molar-refractivity contribution in [2.24, 2.45) is 12.2 Å². The van der Waals surface area contributed by atoms with Crippen LogP contribution in [0, 0.1) is 0 Å². The number of nitrogens with zero attached hydrogens (tertiary/aromatic N) is 5. The molecular formula is C31H35N7O2. The zero-order valence-corrected chi connectivity index (χ0v) is 23.3. The number of anilines is 1. The lowest BCUT2D eigenvalue weighted by Gasteiger charge is -2.38. The molecule has 1 aromatic heterocycles. The lowest BCUT2D eigenvalue weighted by Crippen LogP contribution is -2.39. The standard InChI is InChI=1S/C31H35N7O2/c1-30(2,3)40-29(39)33-21-20-27(36-37-32)26-22-34-38(4)28(26)35-31(23-14-8-5-9-15-23,24-16-10-6-11-17-24)25-18-12-7-13-19-25/h5-19,22,27,35H,20-21H2,1-4H3,(H,33,39). The Labute approximate surface area is 234 Å². The maximum absolute atomic E-state index is 12.2. The normalized spacial score (nSPS) is 12.2. The minimum absolute atomic E-state index is 0.258. The van der Waals surface area contributed by atoms with Gasteiger partial charge in [0, 0.05) is 24.1 Å². The first-order valence-corrected chi connectivity index (χ1v) is 13.2. The largest absolute Gasteiger partial charge is 0.444 e. The summed E-state index contributed by atoms with van der Waals surface area (Å²) >= 11 is 0. The summed E-state index contributed by atoms with van der Waals surface area (Å²) in [4.78, 5) is 15.3. The molecule has 0 radical (unpaired) electrons. The van der Waals surface area contributed by atoms with Gasteiger partial charge in [0.05, 0.1) is 12.2 Å². The summed E-state index contributed by atoms with van der Waals surface area (Å²) in [5.41, 5.74) is 11.8. The van der Waals surface area contributed by atoms with Crippen molar-refractivity contribution in [3.63, 3.8) is 0 Å². The third-order valence-electron chi connectivity index (χ3n) is 6.53. The van der Waals surface area contributed by atoms with Crippen LogP contribution in [0.3, 0.4) is 0 Å². The van der Waals surface area contributed by atoms with Crippen LogP contribution in [0.4, 0.5) is 10.6 Å². The molecule has 0 aliphatic heterocycles. The van der Waals surface area contributed by atoms with Crippen molar-refractivity contribution in [2.75, 3.05) is 11.9 Å². The maximum Gasteiger partial charge on any atom is 0.407 e. The average molecular weight is 538 g/mol. The fourth-order valence-electron chi connectivity index (χ4n) is 4.77. The van der Waals surface area contributed by atoms with E-state index in [0.717, 1.165) is 22.3 Å². The van der Waals surface area contributed by atoms with Gasteiger partial charge >= 0.3 is 6.09 Å². The van der Waals surface area contributed by atoms with E-state index in [-0.39, 0.29) is 6.54 Å². The molecule has 40 heavy (non-hydrogen) atoms. The predicted octanol–water partition coefficient (Wildman–Crippen LogP) is 7.09. The molecule has 4 rings (SSSR count). The van der Waals surface area contributed by atoms with Gasteiger partial charge in [-0.1, -0.05) is 96.1 Å². The number of alkyl carbamates (subject to hydrolysis) is 1. The van der Waals surface area contributed by atoms with Gasteiger partial charge in [-0.25, -0.2) is 4.79 Å². The van der Waals surface area contributed by atoms with Crippen molar-refractivity contribution >= 4 is 11.9 Å². The lowest BCUT2D eigenvalue weighted by molar-refractivity contribution is 0.0526. The zero-order chi connectivity index (χ0) is 28.6. The van der Waals surface area contributed by atoms with E-state index in [9.17, 15) is 10.3 Å². The van der Waals surface area contributed by atoms with Gasteiger partial charge in [0.15, 0.2) is 0 Å². The number of hydrogen-bond donors (Lipinski definition) is 2. The third kappa shape index (κ3) is 6.45. The maximum atomic E-state index is 12.2. The van der Waals surface area contributed by atoms with Crippen molar-refractivity contribution in [2.45, 2.75) is 44.4 Å². The first-order valence-electron chi connectivity index (χ1n) is 13.2. The van der Waals surface area contributed by atoms with Gasteiger partial charge in [0.25, 0.3) is 0 Å². The summed E-state index contributed by atoms with van der Waals surface area (Å²) in [5.74, 6) is 0.700. The molecule has 2 N–H and O–H groups in total. The van der Waals surface area contributed by atoms with Crippen molar-refractivity contribution in [3.8, 4) is 0 Å². The molecule has 0 spiro atoms. The Morgan fingerprint density at radius 1 is 0.950 bits per heavy atom. The second-order valence-corrected chi connectivity index (χ2v) is 10.5. The van der Waals surface area contributed by atoms with Crippen LogP contribution in [0.1, 0.15) is 55.5 Å². The first-order chi connectivity index (χ1) is 19.2. The number of ether oxygens (including phenoxy) is 1. The molecule has 9 nitrogen and oxygen atoms in total. The van der Waals surface area contributed by atoms with Gasteiger partial charge in [0.2, 0.25) is 0 Å². The Balaban J connectivity index is 1.77. The van der Waals surface area contributed by atoms with Crippen molar-refractivity contribution in [1.82, 2.24) is 15.1 Å². The van der Waals surface area contributed by atoms with Gasteiger partial charge in [-0.15, -0.1) is 0 Å². The highest BCUT2D eigenvalue weighted by Gasteiger charge is 2.38. The Morgan fingerprint density at radius 2 is 1.45 bits per heavy atom. The Kier molecular flexibility index (Phi) is 8.76. The number of carbonyl (C=O) groups excluding carboxylic acids is 1. The van der Waals surface area contributed by atoms with Gasteiger partial charge in [-0.3, -0.25) is 4.68 Å². The molecule has 0 saturated carbocycles. The van der Waals surface area contributed by atoms with E-state index in [1.807, 2.05) is 61.6 Å². The molecule has 0 aliphatic carbocycles. The smallest absolute Gasteiger partial charge is 0.407 e. The van der Waals surface area contributed by atoms with E-state index in [1.165, 1.54) is 0 Å². The number of azide groups is 1. The second kappa shape index (κ2) is 12.4. The molecule has 0 bridgehead atoms. The summed E-state index contributed by atoms with van der Waals surface area (Å²) < 4.78 is 7.09. The van der Waals surface area contributed by atoms with E-state index in [1.54, 1.807) is 31.6 Å². The second-order valence-electron chi connectivity index (χ2n) is 10.5. The van der Waals surface area contributed by atoms with Gasteiger partial charge in [0.1, 0.15) is 17.0 Å². The molecule has 0 saturated heterocycles. The zero-order valence-electron chi connectivity index (χ0n) is 23.3. The van der Waals surface area contributed by atoms with Crippen molar-refractivity contribution < 1.29 is 9.53 Å². The molecular weight excluding hydrogens is 502 g/mol.